The summed E-state index contributed by atoms with van der Waals surface area (Å²) in [4.78, 5) is 34.8. The summed E-state index contributed by atoms with van der Waals surface area (Å²) < 4.78 is 40.8. The number of aryl methyl sites for hydroxylation is 1. The summed E-state index contributed by atoms with van der Waals surface area (Å²) in [6, 6.07) is 20.1. The summed E-state index contributed by atoms with van der Waals surface area (Å²) in [5.41, 5.74) is 4.60. The maximum absolute atomic E-state index is 12.5. The third kappa shape index (κ3) is 8.53. The third-order valence-corrected chi connectivity index (χ3v) is 6.07. The molecule has 11 heteroatoms. The summed E-state index contributed by atoms with van der Waals surface area (Å²) in [6.07, 6.45) is -2.84. The van der Waals surface area contributed by atoms with Crippen LogP contribution in [0.5, 0.6) is 5.75 Å². The molecule has 0 aliphatic heterocycles. The Morgan fingerprint density at radius 3 is 2.17 bits per heavy atom. The van der Waals surface area contributed by atoms with Crippen molar-refractivity contribution in [1.82, 2.24) is 9.97 Å². The van der Waals surface area contributed by atoms with Gasteiger partial charge in [-0.1, -0.05) is 30.3 Å². The molecule has 1 aromatic heterocycles. The highest BCUT2D eigenvalue weighted by Gasteiger charge is 2.31. The predicted molar refractivity (Wildman–Crippen MR) is 151 cm³/mol. The van der Waals surface area contributed by atoms with Crippen molar-refractivity contribution in [3.8, 4) is 5.75 Å². The molecule has 3 aromatic carbocycles. The van der Waals surface area contributed by atoms with Gasteiger partial charge in [-0.25, -0.2) is 4.98 Å². The van der Waals surface area contributed by atoms with Gasteiger partial charge in [0.25, 0.3) is 0 Å². The molecule has 0 spiro atoms. The molecule has 8 nitrogen and oxygen atoms in total. The number of nitrogens with one attached hydrogen (secondary N) is 2. The molecule has 4 aromatic rings. The van der Waals surface area contributed by atoms with Gasteiger partial charge in [-0.2, -0.15) is 4.98 Å². The topological polar surface area (TPSA) is 96.5 Å². The number of nitrogens with zero attached hydrogens (tertiary/aromatic N) is 3. The van der Waals surface area contributed by atoms with Crippen molar-refractivity contribution in [2.75, 3.05) is 22.6 Å². The summed E-state index contributed by atoms with van der Waals surface area (Å²) in [7, 11) is 1.86. The number of rotatable bonds is 10. The van der Waals surface area contributed by atoms with Crippen LogP contribution in [0.25, 0.3) is 0 Å². The second-order valence-electron chi connectivity index (χ2n) is 9.38. The van der Waals surface area contributed by atoms with E-state index in [0.717, 1.165) is 22.5 Å². The number of ether oxygens (including phenoxy) is 1. The maximum Gasteiger partial charge on any atom is 0.573 e. The highest BCUT2D eigenvalue weighted by atomic mass is 19.4. The van der Waals surface area contributed by atoms with Crippen LogP contribution in [0.1, 0.15) is 23.6 Å². The molecule has 2 N–H and O–H groups in total. The molecule has 0 radical (unpaired) electrons. The minimum atomic E-state index is -4.76. The number of ketones is 1. The summed E-state index contributed by atoms with van der Waals surface area (Å²) in [6.45, 7) is 3.36. The van der Waals surface area contributed by atoms with Gasteiger partial charge in [-0.05, 0) is 66.1 Å². The van der Waals surface area contributed by atoms with E-state index in [1.807, 2.05) is 61.3 Å². The molecule has 0 fully saturated rings. The van der Waals surface area contributed by atoms with Crippen molar-refractivity contribution in [2.24, 2.45) is 0 Å². The predicted octanol–water partition coefficient (Wildman–Crippen LogP) is 6.51. The van der Waals surface area contributed by atoms with Crippen molar-refractivity contribution in [2.45, 2.75) is 33.1 Å². The Hall–Kier alpha value is -4.93. The Morgan fingerprint density at radius 2 is 1.56 bits per heavy atom. The van der Waals surface area contributed by atoms with Gasteiger partial charge in [0.2, 0.25) is 11.9 Å². The first kappa shape index (κ1) is 29.1. The fourth-order valence-electron chi connectivity index (χ4n) is 4.05. The number of benzene rings is 3. The maximum atomic E-state index is 12.5. The van der Waals surface area contributed by atoms with Crippen LogP contribution < -0.4 is 20.3 Å². The molecule has 0 unspecified atom stereocenters. The van der Waals surface area contributed by atoms with Crippen LogP contribution in [0.2, 0.25) is 0 Å². The highest BCUT2D eigenvalue weighted by Crippen LogP contribution is 2.26. The average molecular weight is 564 g/mol. The zero-order valence-corrected chi connectivity index (χ0v) is 22.6. The van der Waals surface area contributed by atoms with Crippen LogP contribution in [0.3, 0.4) is 0 Å². The Bertz CT molecular complexity index is 1520. The Labute approximate surface area is 235 Å². The van der Waals surface area contributed by atoms with Crippen LogP contribution in [-0.4, -0.2) is 35.1 Å². The molecule has 0 aliphatic carbocycles. The molecule has 0 saturated heterocycles. The number of aromatic nitrogens is 2. The van der Waals surface area contributed by atoms with Crippen LogP contribution in [0.15, 0.2) is 79.0 Å². The summed E-state index contributed by atoms with van der Waals surface area (Å²) >= 11 is 0. The number of amides is 1. The first-order valence-electron chi connectivity index (χ1n) is 12.6. The van der Waals surface area contributed by atoms with Crippen LogP contribution in [0, 0.1) is 6.92 Å². The van der Waals surface area contributed by atoms with Gasteiger partial charge in [-0.3, -0.25) is 9.59 Å². The molecular formula is C30H28F3N5O3. The van der Waals surface area contributed by atoms with Crippen molar-refractivity contribution >= 4 is 40.5 Å². The second kappa shape index (κ2) is 12.5. The van der Waals surface area contributed by atoms with Gasteiger partial charge >= 0.3 is 6.36 Å². The van der Waals surface area contributed by atoms with E-state index in [1.165, 1.54) is 31.2 Å². The van der Waals surface area contributed by atoms with E-state index in [4.69, 9.17) is 0 Å². The molecule has 212 valence electrons. The van der Waals surface area contributed by atoms with Crippen LogP contribution >= 0.6 is 0 Å². The van der Waals surface area contributed by atoms with Gasteiger partial charge in [0.05, 0.1) is 0 Å². The SMILES string of the molecule is CC(=O)Nc1cc(Nc2nccc(N(C)c3ccc(CC(=O)Cc4ccc(OC(F)(F)F)cc4)cc3)n2)ccc1C. The third-order valence-electron chi connectivity index (χ3n) is 6.07. The van der Waals surface area contributed by atoms with Gasteiger partial charge in [0.15, 0.2) is 0 Å². The fraction of sp³-hybridized carbons (Fsp3) is 0.200. The summed E-state index contributed by atoms with van der Waals surface area (Å²) in [5, 5.41) is 5.96. The molecule has 0 aliphatic rings. The number of hydrogen-bond acceptors (Lipinski definition) is 7. The number of Topliss-reactive ketones (excluding diaryl/α,β-unsaturated/α-hetero) is 1. The van der Waals surface area contributed by atoms with E-state index in [-0.39, 0.29) is 30.3 Å². The lowest BCUT2D eigenvalue weighted by atomic mass is 10.0. The number of carbonyl (C=O) groups is 2. The highest BCUT2D eigenvalue weighted by molar-refractivity contribution is 5.90. The molecule has 0 atom stereocenters. The molecule has 1 amide bonds. The standard InChI is InChI=1S/C30H28F3N5O3/c1-19-4-9-23(18-27(19)35-20(2)39)36-29-34-15-14-28(37-29)38(3)24-10-5-21(6-11-24)16-25(40)17-22-7-12-26(13-8-22)41-30(31,32)33/h4-15,18H,16-17H2,1-3H3,(H,35,39)(H,34,36,37). The molecule has 0 bridgehead atoms. The van der Waals surface area contributed by atoms with E-state index in [1.54, 1.807) is 12.3 Å². The number of halogens is 3. The molecule has 41 heavy (non-hydrogen) atoms. The van der Waals surface area contributed by atoms with Crippen molar-refractivity contribution in [3.63, 3.8) is 0 Å². The van der Waals surface area contributed by atoms with E-state index in [9.17, 15) is 22.8 Å². The molecule has 1 heterocycles. The van der Waals surface area contributed by atoms with Crippen molar-refractivity contribution in [1.29, 1.82) is 0 Å². The lowest BCUT2D eigenvalue weighted by molar-refractivity contribution is -0.274. The first-order valence-corrected chi connectivity index (χ1v) is 12.6. The van der Waals surface area contributed by atoms with Gasteiger partial charge in [0, 0.05) is 50.1 Å². The quantitative estimate of drug-likeness (QED) is 0.227. The Morgan fingerprint density at radius 1 is 0.927 bits per heavy atom. The van der Waals surface area contributed by atoms with E-state index in [2.05, 4.69) is 25.3 Å². The number of hydrogen-bond donors (Lipinski definition) is 2. The lowest BCUT2D eigenvalue weighted by Crippen LogP contribution is -2.17. The zero-order chi connectivity index (χ0) is 29.6. The summed E-state index contributed by atoms with van der Waals surface area (Å²) in [5.74, 6) is 0.463. The monoisotopic (exact) mass is 563 g/mol. The minimum absolute atomic E-state index is 0.0696. The van der Waals surface area contributed by atoms with Gasteiger partial charge < -0.3 is 20.3 Å². The molecule has 0 saturated carbocycles. The molecular weight excluding hydrogens is 535 g/mol. The first-order chi connectivity index (χ1) is 19.4. The van der Waals surface area contributed by atoms with Gasteiger partial charge in [-0.15, -0.1) is 13.2 Å². The van der Waals surface area contributed by atoms with Crippen molar-refractivity contribution in [3.05, 3.63) is 95.7 Å². The number of alkyl halides is 3. The number of carbonyl (C=O) groups excluding carboxylic acids is 2. The Kier molecular flexibility index (Phi) is 8.86. The zero-order valence-electron chi connectivity index (χ0n) is 22.6. The average Bonchev–Trinajstić information content (AvgIpc) is 2.91. The van der Waals surface area contributed by atoms with Crippen molar-refractivity contribution < 1.29 is 27.5 Å². The fourth-order valence-corrected chi connectivity index (χ4v) is 4.05. The second-order valence-corrected chi connectivity index (χ2v) is 9.38. The lowest BCUT2D eigenvalue weighted by Gasteiger charge is -2.19. The van der Waals surface area contributed by atoms with E-state index < -0.39 is 6.36 Å². The minimum Gasteiger partial charge on any atom is -0.406 e. The Balaban J connectivity index is 1.36. The van der Waals surface area contributed by atoms with Crippen LogP contribution in [0.4, 0.5) is 42.0 Å². The smallest absolute Gasteiger partial charge is 0.406 e. The van der Waals surface area contributed by atoms with E-state index >= 15 is 0 Å². The normalized spacial score (nSPS) is 11.1. The van der Waals surface area contributed by atoms with Gasteiger partial charge in [0.1, 0.15) is 17.4 Å². The van der Waals surface area contributed by atoms with Crippen LogP contribution in [-0.2, 0) is 22.4 Å². The van der Waals surface area contributed by atoms with E-state index in [0.29, 0.717) is 23.0 Å². The number of anilines is 5. The molecule has 4 rings (SSSR count). The largest absolute Gasteiger partial charge is 0.573 e.